The molecule has 2 aromatic rings. The first-order valence-electron chi connectivity index (χ1n) is 8.71. The molecule has 0 radical (unpaired) electrons. The molecule has 2 unspecified atom stereocenters. The highest BCUT2D eigenvalue weighted by Gasteiger charge is 2.27. The second-order valence-corrected chi connectivity index (χ2v) is 8.14. The quantitative estimate of drug-likeness (QED) is 0.448. The molecule has 8 heteroatoms. The van der Waals surface area contributed by atoms with Gasteiger partial charge in [-0.05, 0) is 52.6 Å². The van der Waals surface area contributed by atoms with Crippen LogP contribution in [-0.4, -0.2) is 44.3 Å². The third-order valence-electron chi connectivity index (χ3n) is 4.22. The van der Waals surface area contributed by atoms with Gasteiger partial charge in [0.05, 0.1) is 12.0 Å². The molecule has 0 bridgehead atoms. The lowest BCUT2D eigenvalue weighted by molar-refractivity contribution is -0.142. The Kier molecular flexibility index (Phi) is 7.78. The fourth-order valence-corrected chi connectivity index (χ4v) is 3.51. The van der Waals surface area contributed by atoms with E-state index >= 15 is 0 Å². The molecule has 0 spiro atoms. The molecule has 2 atom stereocenters. The smallest absolute Gasteiger partial charge is 0.320 e. The topological polar surface area (TPSA) is 104 Å². The Hall–Kier alpha value is -1.94. The summed E-state index contributed by atoms with van der Waals surface area (Å²) in [6.07, 6.45) is 3.57. The van der Waals surface area contributed by atoms with Gasteiger partial charge in [-0.25, -0.2) is 4.98 Å². The lowest BCUT2D eigenvalue weighted by atomic mass is 10.0. The Morgan fingerprint density at radius 1 is 1.26 bits per heavy atom. The number of halogens is 1. The summed E-state index contributed by atoms with van der Waals surface area (Å²) in [5, 5.41) is 21.9. The van der Waals surface area contributed by atoms with Gasteiger partial charge >= 0.3 is 11.9 Å². The van der Waals surface area contributed by atoms with Crippen molar-refractivity contribution in [3.8, 4) is 0 Å². The summed E-state index contributed by atoms with van der Waals surface area (Å²) < 4.78 is 2.89. The van der Waals surface area contributed by atoms with Crippen LogP contribution in [-0.2, 0) is 16.1 Å². The second-order valence-electron chi connectivity index (χ2n) is 6.90. The first-order valence-corrected chi connectivity index (χ1v) is 9.79. The van der Waals surface area contributed by atoms with Crippen LogP contribution < -0.4 is 5.32 Å². The third-order valence-corrected chi connectivity index (χ3v) is 4.89. The van der Waals surface area contributed by atoms with Crippen LogP contribution in [0.2, 0.25) is 0 Å². The summed E-state index contributed by atoms with van der Waals surface area (Å²) in [7, 11) is 0. The van der Waals surface area contributed by atoms with Crippen molar-refractivity contribution < 1.29 is 19.8 Å². The van der Waals surface area contributed by atoms with Gasteiger partial charge < -0.3 is 20.1 Å². The van der Waals surface area contributed by atoms with Crippen LogP contribution in [0, 0.1) is 9.49 Å². The lowest BCUT2D eigenvalue weighted by Crippen LogP contribution is -2.41. The van der Waals surface area contributed by atoms with Gasteiger partial charge in [-0.2, -0.15) is 0 Å². The first-order chi connectivity index (χ1) is 12.8. The largest absolute Gasteiger partial charge is 0.481 e. The number of benzene rings is 1. The zero-order chi connectivity index (χ0) is 20.0. The maximum atomic E-state index is 11.8. The van der Waals surface area contributed by atoms with E-state index in [1.807, 2.05) is 38.1 Å². The van der Waals surface area contributed by atoms with Crippen molar-refractivity contribution in [3.63, 3.8) is 0 Å². The molecule has 0 saturated heterocycles. The summed E-state index contributed by atoms with van der Waals surface area (Å²) in [5.41, 5.74) is 1.59. The summed E-state index contributed by atoms with van der Waals surface area (Å²) in [4.78, 5) is 27.4. The molecule has 0 saturated carbocycles. The molecule has 0 amide bonds. The molecule has 7 nitrogen and oxygen atoms in total. The highest BCUT2D eigenvalue weighted by atomic mass is 127. The SMILES string of the molecule is CC(C)CC(NCC(C(=O)O)c1cncn1Cc1cccc(I)c1)C(=O)O. The number of aliphatic carboxylic acids is 2. The minimum Gasteiger partial charge on any atom is -0.481 e. The Bertz CT molecular complexity index is 791. The molecule has 0 aliphatic carbocycles. The molecule has 2 rings (SSSR count). The number of nitrogens with one attached hydrogen (secondary N) is 1. The molecule has 146 valence electrons. The molecular formula is C19H24IN3O4. The summed E-state index contributed by atoms with van der Waals surface area (Å²) >= 11 is 2.23. The van der Waals surface area contributed by atoms with Gasteiger partial charge in [-0.1, -0.05) is 26.0 Å². The van der Waals surface area contributed by atoms with Gasteiger partial charge in [0.25, 0.3) is 0 Å². The minimum absolute atomic E-state index is 0.0248. The molecule has 27 heavy (non-hydrogen) atoms. The molecule has 0 aliphatic rings. The average molecular weight is 485 g/mol. The van der Waals surface area contributed by atoms with E-state index in [0.717, 1.165) is 9.13 Å². The summed E-state index contributed by atoms with van der Waals surface area (Å²) in [5.74, 6) is -2.68. The van der Waals surface area contributed by atoms with Gasteiger partial charge in [-0.3, -0.25) is 9.59 Å². The van der Waals surface area contributed by atoms with Crippen molar-refractivity contribution in [2.45, 2.75) is 38.8 Å². The normalized spacial score (nSPS) is 13.5. The van der Waals surface area contributed by atoms with E-state index in [2.05, 4.69) is 32.9 Å². The maximum absolute atomic E-state index is 11.8. The predicted octanol–water partition coefficient (Wildman–Crippen LogP) is 2.79. The van der Waals surface area contributed by atoms with Gasteiger partial charge in [0, 0.05) is 22.9 Å². The van der Waals surface area contributed by atoms with Crippen LogP contribution in [0.25, 0.3) is 0 Å². The molecule has 1 aromatic heterocycles. The molecule has 3 N–H and O–H groups in total. The zero-order valence-corrected chi connectivity index (χ0v) is 17.5. The number of hydrogen-bond donors (Lipinski definition) is 3. The number of rotatable bonds is 10. The summed E-state index contributed by atoms with van der Waals surface area (Å²) in [6, 6.07) is 7.17. The van der Waals surface area contributed by atoms with Crippen molar-refractivity contribution in [1.82, 2.24) is 14.9 Å². The van der Waals surface area contributed by atoms with E-state index in [9.17, 15) is 19.8 Å². The van der Waals surface area contributed by atoms with Crippen LogP contribution in [0.15, 0.2) is 36.8 Å². The fraction of sp³-hybridized carbons (Fsp3) is 0.421. The second kappa shape index (κ2) is 9.84. The Morgan fingerprint density at radius 3 is 2.59 bits per heavy atom. The van der Waals surface area contributed by atoms with E-state index in [0.29, 0.717) is 18.7 Å². The Labute approximate surface area is 171 Å². The van der Waals surface area contributed by atoms with Crippen LogP contribution in [0.1, 0.15) is 37.4 Å². The number of carbonyl (C=O) groups is 2. The minimum atomic E-state index is -1.01. The predicted molar refractivity (Wildman–Crippen MR) is 110 cm³/mol. The first kappa shape index (κ1) is 21.4. The zero-order valence-electron chi connectivity index (χ0n) is 15.3. The van der Waals surface area contributed by atoms with Gasteiger partial charge in [-0.15, -0.1) is 0 Å². The number of aromatic nitrogens is 2. The third kappa shape index (κ3) is 6.31. The number of carboxylic acids is 2. The fourth-order valence-electron chi connectivity index (χ4n) is 2.91. The highest BCUT2D eigenvalue weighted by Crippen LogP contribution is 2.18. The highest BCUT2D eigenvalue weighted by molar-refractivity contribution is 14.1. The Balaban J connectivity index is 2.16. The van der Waals surface area contributed by atoms with Crippen molar-refractivity contribution >= 4 is 34.5 Å². The van der Waals surface area contributed by atoms with E-state index < -0.39 is 23.9 Å². The van der Waals surface area contributed by atoms with Crippen LogP contribution >= 0.6 is 22.6 Å². The molecule has 1 heterocycles. The van der Waals surface area contributed by atoms with Crippen molar-refractivity contribution in [1.29, 1.82) is 0 Å². The van der Waals surface area contributed by atoms with E-state index in [-0.39, 0.29) is 12.5 Å². The van der Waals surface area contributed by atoms with Crippen molar-refractivity contribution in [2.24, 2.45) is 5.92 Å². The monoisotopic (exact) mass is 485 g/mol. The summed E-state index contributed by atoms with van der Waals surface area (Å²) in [6.45, 7) is 4.40. The molecule has 1 aromatic carbocycles. The van der Waals surface area contributed by atoms with Gasteiger partial charge in [0.15, 0.2) is 0 Å². The number of hydrogen-bond acceptors (Lipinski definition) is 4. The maximum Gasteiger partial charge on any atom is 0.320 e. The standard InChI is InChI=1S/C19H24IN3O4/c1-12(2)6-16(19(26)27)22-8-15(18(24)25)17-9-21-11-23(17)10-13-4-3-5-14(20)7-13/h3-5,7,9,11-12,15-16,22H,6,8,10H2,1-2H3,(H,24,25)(H,26,27). The van der Waals surface area contributed by atoms with Crippen LogP contribution in [0.3, 0.4) is 0 Å². The Morgan fingerprint density at radius 2 is 2.00 bits per heavy atom. The van der Waals surface area contributed by atoms with Crippen LogP contribution in [0.5, 0.6) is 0 Å². The number of nitrogens with zero attached hydrogens (tertiary/aromatic N) is 2. The van der Waals surface area contributed by atoms with Gasteiger partial charge in [0.2, 0.25) is 0 Å². The molecule has 0 aliphatic heterocycles. The van der Waals surface area contributed by atoms with Crippen molar-refractivity contribution in [3.05, 3.63) is 51.6 Å². The van der Waals surface area contributed by atoms with Gasteiger partial charge in [0.1, 0.15) is 12.0 Å². The van der Waals surface area contributed by atoms with Crippen molar-refractivity contribution in [2.75, 3.05) is 6.54 Å². The lowest BCUT2D eigenvalue weighted by Gasteiger charge is -2.20. The molecule has 0 fully saturated rings. The number of imidazole rings is 1. The van der Waals surface area contributed by atoms with E-state index in [1.165, 1.54) is 6.20 Å². The van der Waals surface area contributed by atoms with E-state index in [4.69, 9.17) is 0 Å². The average Bonchev–Trinajstić information content (AvgIpc) is 3.01. The van der Waals surface area contributed by atoms with E-state index in [1.54, 1.807) is 10.9 Å². The van der Waals surface area contributed by atoms with Crippen LogP contribution in [0.4, 0.5) is 0 Å². The number of carboxylic acid groups (broad SMARTS) is 2. The molecular weight excluding hydrogens is 461 g/mol.